The van der Waals surface area contributed by atoms with Crippen molar-refractivity contribution in [1.29, 1.82) is 0 Å². The van der Waals surface area contributed by atoms with E-state index >= 15 is 0 Å². The lowest BCUT2D eigenvalue weighted by molar-refractivity contribution is -0.138. The number of carbonyl (C=O) groups excluding carboxylic acids is 2. The predicted molar refractivity (Wildman–Crippen MR) is 103 cm³/mol. The fraction of sp³-hybridized carbons (Fsp3) is 0.500. The van der Waals surface area contributed by atoms with E-state index in [1.165, 1.54) is 23.6 Å². The normalized spacial score (nSPS) is 17.5. The van der Waals surface area contributed by atoms with Crippen LogP contribution in [0.25, 0.3) is 6.08 Å². The van der Waals surface area contributed by atoms with Gasteiger partial charge >= 0.3 is 0 Å². The van der Waals surface area contributed by atoms with E-state index in [2.05, 4.69) is 41.5 Å². The maximum Gasteiger partial charge on any atom is 0.267 e. The van der Waals surface area contributed by atoms with Crippen molar-refractivity contribution in [1.82, 2.24) is 4.90 Å². The van der Waals surface area contributed by atoms with E-state index in [-0.39, 0.29) is 22.6 Å². The maximum absolute atomic E-state index is 12.3. The molecule has 136 valence electrons. The van der Waals surface area contributed by atoms with Crippen molar-refractivity contribution in [2.24, 2.45) is 0 Å². The first-order valence-corrected chi connectivity index (χ1v) is 9.36. The van der Waals surface area contributed by atoms with Crippen LogP contribution in [0.5, 0.6) is 5.75 Å². The number of phenols is 1. The minimum absolute atomic E-state index is 0.225. The van der Waals surface area contributed by atoms with Gasteiger partial charge < -0.3 is 5.11 Å². The zero-order valence-electron chi connectivity index (χ0n) is 16.1. The van der Waals surface area contributed by atoms with E-state index in [1.54, 1.807) is 0 Å². The van der Waals surface area contributed by atoms with Gasteiger partial charge in [0.1, 0.15) is 5.75 Å². The lowest BCUT2D eigenvalue weighted by atomic mass is 9.78. The standard InChI is InChI=1S/C20H27NO3S/c1-12(22)21-11-25-16(18(21)24)10-13-8-14(19(2,3)4)17(23)15(9-13)20(5,6)7/h8-10,23H,11H2,1-7H3. The molecule has 1 aliphatic heterocycles. The molecular formula is C20H27NO3S. The Morgan fingerprint density at radius 2 is 1.60 bits per heavy atom. The number of amides is 2. The number of nitrogens with zero attached hydrogens (tertiary/aromatic N) is 1. The van der Waals surface area contributed by atoms with Gasteiger partial charge in [0.15, 0.2) is 0 Å². The van der Waals surface area contributed by atoms with Gasteiger partial charge in [-0.25, -0.2) is 0 Å². The number of imide groups is 1. The van der Waals surface area contributed by atoms with Gasteiger partial charge in [-0.15, -0.1) is 0 Å². The summed E-state index contributed by atoms with van der Waals surface area (Å²) in [5, 5.41) is 10.8. The second-order valence-electron chi connectivity index (χ2n) is 8.50. The van der Waals surface area contributed by atoms with Crippen molar-refractivity contribution >= 4 is 29.7 Å². The van der Waals surface area contributed by atoms with Crippen molar-refractivity contribution in [2.45, 2.75) is 59.3 Å². The third-order valence-corrected chi connectivity index (χ3v) is 5.22. The molecule has 0 radical (unpaired) electrons. The van der Waals surface area contributed by atoms with Crippen molar-refractivity contribution in [3.05, 3.63) is 33.7 Å². The molecule has 0 atom stereocenters. The molecule has 0 aromatic heterocycles. The van der Waals surface area contributed by atoms with Gasteiger partial charge in [0.2, 0.25) is 5.91 Å². The van der Waals surface area contributed by atoms with Crippen LogP contribution in [0.2, 0.25) is 0 Å². The summed E-state index contributed by atoms with van der Waals surface area (Å²) in [6.45, 7) is 13.7. The van der Waals surface area contributed by atoms with Gasteiger partial charge in [-0.1, -0.05) is 53.3 Å². The van der Waals surface area contributed by atoms with Crippen LogP contribution in [0.4, 0.5) is 0 Å². The molecule has 0 unspecified atom stereocenters. The highest BCUT2D eigenvalue weighted by molar-refractivity contribution is 8.04. The van der Waals surface area contributed by atoms with Crippen LogP contribution < -0.4 is 0 Å². The van der Waals surface area contributed by atoms with E-state index in [4.69, 9.17) is 0 Å². The fourth-order valence-electron chi connectivity index (χ4n) is 2.76. The molecule has 25 heavy (non-hydrogen) atoms. The highest BCUT2D eigenvalue weighted by atomic mass is 32.2. The Morgan fingerprint density at radius 3 is 1.96 bits per heavy atom. The summed E-state index contributed by atoms with van der Waals surface area (Å²) in [7, 11) is 0. The molecule has 1 aromatic carbocycles. The molecule has 0 spiro atoms. The molecule has 1 fully saturated rings. The van der Waals surface area contributed by atoms with Crippen molar-refractivity contribution in [3.63, 3.8) is 0 Å². The van der Waals surface area contributed by atoms with Gasteiger partial charge in [-0.3, -0.25) is 14.5 Å². The van der Waals surface area contributed by atoms with Gasteiger partial charge in [0.25, 0.3) is 5.91 Å². The van der Waals surface area contributed by atoms with Crippen LogP contribution in [-0.2, 0) is 20.4 Å². The summed E-state index contributed by atoms with van der Waals surface area (Å²) >= 11 is 1.37. The summed E-state index contributed by atoms with van der Waals surface area (Å²) in [4.78, 5) is 25.6. The Labute approximate surface area is 154 Å². The monoisotopic (exact) mass is 361 g/mol. The van der Waals surface area contributed by atoms with Gasteiger partial charge in [-0.05, 0) is 34.6 Å². The number of benzene rings is 1. The molecule has 1 aromatic rings. The molecule has 1 heterocycles. The van der Waals surface area contributed by atoms with Crippen molar-refractivity contribution < 1.29 is 14.7 Å². The lowest BCUT2D eigenvalue weighted by Gasteiger charge is -2.28. The first-order chi connectivity index (χ1) is 11.3. The Morgan fingerprint density at radius 1 is 1.12 bits per heavy atom. The van der Waals surface area contributed by atoms with Crippen molar-refractivity contribution in [2.75, 3.05) is 5.88 Å². The number of carbonyl (C=O) groups is 2. The highest BCUT2D eigenvalue weighted by Crippen LogP contribution is 2.41. The minimum atomic E-state index is -0.250. The highest BCUT2D eigenvalue weighted by Gasteiger charge is 2.30. The molecule has 2 rings (SSSR count). The van der Waals surface area contributed by atoms with E-state index in [0.717, 1.165) is 16.7 Å². The smallest absolute Gasteiger partial charge is 0.267 e. The molecule has 0 aliphatic carbocycles. The Bertz CT molecular complexity index is 716. The van der Waals surface area contributed by atoms with E-state index in [9.17, 15) is 14.7 Å². The number of hydrogen-bond acceptors (Lipinski definition) is 4. The van der Waals surface area contributed by atoms with Crippen LogP contribution >= 0.6 is 11.8 Å². The van der Waals surface area contributed by atoms with Crippen LogP contribution in [0.15, 0.2) is 17.0 Å². The fourth-order valence-corrected chi connectivity index (χ4v) is 3.78. The molecular weight excluding hydrogens is 334 g/mol. The summed E-state index contributed by atoms with van der Waals surface area (Å²) < 4.78 is 0. The Kier molecular flexibility index (Phi) is 5.11. The topological polar surface area (TPSA) is 57.6 Å². The molecule has 1 N–H and O–H groups in total. The lowest BCUT2D eigenvalue weighted by Crippen LogP contribution is -2.29. The molecule has 4 nitrogen and oxygen atoms in total. The van der Waals surface area contributed by atoms with Crippen LogP contribution in [0.3, 0.4) is 0 Å². The minimum Gasteiger partial charge on any atom is -0.507 e. The molecule has 5 heteroatoms. The number of aromatic hydroxyl groups is 1. The first kappa shape index (κ1) is 19.6. The van der Waals surface area contributed by atoms with E-state index < -0.39 is 0 Å². The largest absolute Gasteiger partial charge is 0.507 e. The average Bonchev–Trinajstić information content (AvgIpc) is 2.79. The van der Waals surface area contributed by atoms with Gasteiger partial charge in [0.05, 0.1) is 10.8 Å². The molecule has 0 saturated carbocycles. The number of thioether (sulfide) groups is 1. The van der Waals surface area contributed by atoms with Crippen molar-refractivity contribution in [3.8, 4) is 5.75 Å². The number of phenolic OH excluding ortho intramolecular Hbond substituents is 1. The molecule has 1 aliphatic rings. The van der Waals surface area contributed by atoms with E-state index in [0.29, 0.717) is 16.5 Å². The molecule has 2 amide bonds. The Balaban J connectivity index is 2.58. The average molecular weight is 362 g/mol. The van der Waals surface area contributed by atoms with Gasteiger partial charge in [0, 0.05) is 18.1 Å². The quantitative estimate of drug-likeness (QED) is 0.753. The number of rotatable bonds is 1. The SMILES string of the molecule is CC(=O)N1CSC(=Cc2cc(C(C)(C)C)c(O)c(C(C)(C)C)c2)C1=O. The predicted octanol–water partition coefficient (Wildman–Crippen LogP) is 4.41. The summed E-state index contributed by atoms with van der Waals surface area (Å²) in [6, 6.07) is 3.86. The van der Waals surface area contributed by atoms with Crippen LogP contribution in [0, 0.1) is 0 Å². The Hall–Kier alpha value is -1.75. The summed E-state index contributed by atoms with van der Waals surface area (Å²) in [5.41, 5.74) is 2.12. The molecule has 0 bridgehead atoms. The third-order valence-electron chi connectivity index (χ3n) is 4.23. The maximum atomic E-state index is 12.3. The zero-order chi connectivity index (χ0) is 19.2. The van der Waals surface area contributed by atoms with E-state index in [1.807, 2.05) is 18.2 Å². The third kappa shape index (κ3) is 4.09. The second kappa shape index (κ2) is 6.52. The summed E-state index contributed by atoms with van der Waals surface area (Å²) in [6.07, 6.45) is 1.82. The van der Waals surface area contributed by atoms with Gasteiger partial charge in [-0.2, -0.15) is 0 Å². The van der Waals surface area contributed by atoms with Crippen LogP contribution in [0.1, 0.15) is 65.2 Å². The number of hydrogen-bond donors (Lipinski definition) is 1. The first-order valence-electron chi connectivity index (χ1n) is 8.37. The summed E-state index contributed by atoms with van der Waals surface area (Å²) in [5.74, 6) is 0.187. The second-order valence-corrected chi connectivity index (χ2v) is 9.49. The molecule has 1 saturated heterocycles. The van der Waals surface area contributed by atoms with Crippen LogP contribution in [-0.4, -0.2) is 27.7 Å². The zero-order valence-corrected chi connectivity index (χ0v) is 16.9.